The Hall–Kier alpha value is -1.61. The molecule has 2 heterocycles. The van der Waals surface area contributed by atoms with Gasteiger partial charge in [0.1, 0.15) is 4.90 Å². The van der Waals surface area contributed by atoms with Gasteiger partial charge in [0, 0.05) is 19.4 Å². The first-order valence-electron chi connectivity index (χ1n) is 4.91. The molecule has 0 amide bonds. The van der Waals surface area contributed by atoms with E-state index in [-0.39, 0.29) is 10.8 Å². The smallest absolute Gasteiger partial charge is 0.263 e. The summed E-state index contributed by atoms with van der Waals surface area (Å²) in [6, 6.07) is 3.00. The molecule has 0 unspecified atom stereocenters. The van der Waals surface area contributed by atoms with Crippen LogP contribution in [0.5, 0.6) is 0 Å². The quantitative estimate of drug-likeness (QED) is 0.833. The third-order valence-electron chi connectivity index (χ3n) is 2.08. The minimum absolute atomic E-state index is 0.0469. The molecule has 18 heavy (non-hydrogen) atoms. The van der Waals surface area contributed by atoms with E-state index in [4.69, 9.17) is 0 Å². The molecular weight excluding hydrogens is 274 g/mol. The van der Waals surface area contributed by atoms with Crippen LogP contribution in [0.3, 0.4) is 0 Å². The highest BCUT2D eigenvalue weighted by molar-refractivity contribution is 7.98. The molecule has 96 valence electrons. The molecule has 0 aliphatic heterocycles. The lowest BCUT2D eigenvalue weighted by Gasteiger charge is -2.02. The second-order valence-corrected chi connectivity index (χ2v) is 5.80. The van der Waals surface area contributed by atoms with Crippen LogP contribution in [0.15, 0.2) is 34.6 Å². The molecule has 0 bridgehead atoms. The van der Waals surface area contributed by atoms with Gasteiger partial charge in [0.05, 0.1) is 0 Å². The lowest BCUT2D eigenvalue weighted by Crippen LogP contribution is -2.14. The average molecular weight is 285 g/mol. The highest BCUT2D eigenvalue weighted by Gasteiger charge is 2.17. The summed E-state index contributed by atoms with van der Waals surface area (Å²) in [4.78, 5) is 7.88. The molecule has 0 fully saturated rings. The van der Waals surface area contributed by atoms with E-state index in [1.165, 1.54) is 34.9 Å². The Morgan fingerprint density at radius 3 is 2.78 bits per heavy atom. The first-order chi connectivity index (χ1) is 8.53. The van der Waals surface area contributed by atoms with Crippen molar-refractivity contribution in [1.29, 1.82) is 0 Å². The first-order valence-corrected chi connectivity index (χ1v) is 7.61. The van der Waals surface area contributed by atoms with Crippen molar-refractivity contribution in [2.45, 2.75) is 10.1 Å². The average Bonchev–Trinajstić information content (AvgIpc) is 2.70. The zero-order chi connectivity index (χ0) is 13.2. The van der Waals surface area contributed by atoms with Crippen molar-refractivity contribution < 1.29 is 8.42 Å². The molecule has 0 atom stereocenters. The summed E-state index contributed by atoms with van der Waals surface area (Å²) in [5, 5.41) is 4.59. The molecule has 0 aliphatic carbocycles. The summed E-state index contributed by atoms with van der Waals surface area (Å²) >= 11 is 1.38. The third-order valence-corrected chi connectivity index (χ3v) is 4.11. The number of sulfonamides is 1. The van der Waals surface area contributed by atoms with E-state index in [0.29, 0.717) is 5.16 Å². The number of anilines is 1. The molecule has 9 heteroatoms. The van der Waals surface area contributed by atoms with Crippen LogP contribution in [0.1, 0.15) is 0 Å². The molecule has 7 nitrogen and oxygen atoms in total. The Balaban J connectivity index is 2.28. The van der Waals surface area contributed by atoms with Crippen LogP contribution in [-0.2, 0) is 17.1 Å². The SMILES string of the molecule is CSc1nc(NS(=O)(=O)c2cccnc2)nn1C. The predicted octanol–water partition coefficient (Wildman–Crippen LogP) is 0.733. The van der Waals surface area contributed by atoms with Crippen LogP contribution in [0.4, 0.5) is 5.95 Å². The Labute approximate surface area is 109 Å². The Kier molecular flexibility index (Phi) is 3.53. The summed E-state index contributed by atoms with van der Waals surface area (Å²) in [6.07, 6.45) is 4.61. The highest BCUT2D eigenvalue weighted by Crippen LogP contribution is 2.16. The minimum Gasteiger partial charge on any atom is -0.263 e. The molecule has 0 saturated carbocycles. The maximum Gasteiger partial charge on any atom is 0.265 e. The topological polar surface area (TPSA) is 89.8 Å². The second-order valence-electron chi connectivity index (χ2n) is 3.34. The van der Waals surface area contributed by atoms with Gasteiger partial charge in [-0.1, -0.05) is 11.8 Å². The van der Waals surface area contributed by atoms with E-state index in [9.17, 15) is 8.42 Å². The number of aryl methyl sites for hydroxylation is 1. The van der Waals surface area contributed by atoms with E-state index < -0.39 is 10.0 Å². The minimum atomic E-state index is -3.69. The largest absolute Gasteiger partial charge is 0.265 e. The number of nitrogens with zero attached hydrogens (tertiary/aromatic N) is 4. The molecule has 2 rings (SSSR count). The number of thioether (sulfide) groups is 1. The Morgan fingerprint density at radius 2 is 2.22 bits per heavy atom. The molecule has 1 N–H and O–H groups in total. The molecule has 0 aromatic carbocycles. The van der Waals surface area contributed by atoms with Gasteiger partial charge in [-0.25, -0.2) is 17.8 Å². The molecule has 0 saturated heterocycles. The zero-order valence-corrected chi connectivity index (χ0v) is 11.4. The fraction of sp³-hybridized carbons (Fsp3) is 0.222. The van der Waals surface area contributed by atoms with Crippen LogP contribution >= 0.6 is 11.8 Å². The van der Waals surface area contributed by atoms with Crippen LogP contribution in [0, 0.1) is 0 Å². The summed E-state index contributed by atoms with van der Waals surface area (Å²) < 4.78 is 27.7. The van der Waals surface area contributed by atoms with Gasteiger partial charge in [-0.05, 0) is 18.4 Å². The van der Waals surface area contributed by atoms with E-state index in [1.54, 1.807) is 13.1 Å². The third kappa shape index (κ3) is 2.62. The van der Waals surface area contributed by atoms with Crippen molar-refractivity contribution in [2.75, 3.05) is 11.0 Å². The van der Waals surface area contributed by atoms with E-state index in [2.05, 4.69) is 19.8 Å². The van der Waals surface area contributed by atoms with Crippen LogP contribution < -0.4 is 4.72 Å². The van der Waals surface area contributed by atoms with E-state index in [1.807, 2.05) is 6.26 Å². The fourth-order valence-corrected chi connectivity index (χ4v) is 2.66. The molecule has 0 spiro atoms. The zero-order valence-electron chi connectivity index (χ0n) is 9.73. The van der Waals surface area contributed by atoms with Gasteiger partial charge in [-0.15, -0.1) is 5.10 Å². The maximum absolute atomic E-state index is 12.0. The molecule has 0 radical (unpaired) electrons. The van der Waals surface area contributed by atoms with Gasteiger partial charge in [-0.2, -0.15) is 4.98 Å². The molecule has 0 aliphatic rings. The fourth-order valence-electron chi connectivity index (χ4n) is 1.28. The predicted molar refractivity (Wildman–Crippen MR) is 67.8 cm³/mol. The Morgan fingerprint density at radius 1 is 1.44 bits per heavy atom. The summed E-state index contributed by atoms with van der Waals surface area (Å²) in [5.74, 6) is 0.0469. The Bertz CT molecular complexity index is 638. The van der Waals surface area contributed by atoms with Crippen molar-refractivity contribution in [3.8, 4) is 0 Å². The maximum atomic E-state index is 12.0. The van der Waals surface area contributed by atoms with Gasteiger partial charge in [0.2, 0.25) is 0 Å². The lowest BCUT2D eigenvalue weighted by molar-refractivity contribution is 0.600. The van der Waals surface area contributed by atoms with Crippen molar-refractivity contribution >= 4 is 27.7 Å². The van der Waals surface area contributed by atoms with E-state index in [0.717, 1.165) is 0 Å². The normalized spacial score (nSPS) is 11.4. The number of hydrogen-bond donors (Lipinski definition) is 1. The van der Waals surface area contributed by atoms with Crippen molar-refractivity contribution in [2.24, 2.45) is 7.05 Å². The van der Waals surface area contributed by atoms with Crippen LogP contribution in [-0.4, -0.2) is 34.4 Å². The van der Waals surface area contributed by atoms with Gasteiger partial charge < -0.3 is 0 Å². The monoisotopic (exact) mass is 285 g/mol. The van der Waals surface area contributed by atoms with Gasteiger partial charge in [0.15, 0.2) is 5.16 Å². The number of pyridine rings is 1. The molecule has 2 aromatic heterocycles. The van der Waals surface area contributed by atoms with Crippen LogP contribution in [0.2, 0.25) is 0 Å². The second kappa shape index (κ2) is 4.94. The van der Waals surface area contributed by atoms with Crippen LogP contribution in [0.25, 0.3) is 0 Å². The number of aromatic nitrogens is 4. The van der Waals surface area contributed by atoms with E-state index >= 15 is 0 Å². The number of rotatable bonds is 4. The first kappa shape index (κ1) is 12.8. The standard InChI is InChI=1S/C9H11N5O2S2/c1-14-9(17-2)11-8(12-14)13-18(15,16)7-4-3-5-10-6-7/h3-6H,1-2H3,(H,12,13). The van der Waals surface area contributed by atoms with Gasteiger partial charge >= 0.3 is 0 Å². The summed E-state index contributed by atoms with van der Waals surface area (Å²) in [5.41, 5.74) is 0. The molecule has 2 aromatic rings. The lowest BCUT2D eigenvalue weighted by atomic mass is 10.5. The van der Waals surface area contributed by atoms with Crippen molar-refractivity contribution in [1.82, 2.24) is 19.7 Å². The van der Waals surface area contributed by atoms with Gasteiger partial charge in [-0.3, -0.25) is 4.98 Å². The van der Waals surface area contributed by atoms with Gasteiger partial charge in [0.25, 0.3) is 16.0 Å². The number of hydrogen-bond acceptors (Lipinski definition) is 6. The van der Waals surface area contributed by atoms with Crippen molar-refractivity contribution in [3.63, 3.8) is 0 Å². The summed E-state index contributed by atoms with van der Waals surface area (Å²) in [7, 11) is -1.99. The van der Waals surface area contributed by atoms with Crippen molar-refractivity contribution in [3.05, 3.63) is 24.5 Å². The highest BCUT2D eigenvalue weighted by atomic mass is 32.2. The number of nitrogens with one attached hydrogen (secondary N) is 1. The molecular formula is C9H11N5O2S2. The summed E-state index contributed by atoms with van der Waals surface area (Å²) in [6.45, 7) is 0.